The van der Waals surface area contributed by atoms with E-state index < -0.39 is 0 Å². The minimum absolute atomic E-state index is 0.262. The fraction of sp³-hybridized carbons (Fsp3) is 0.438. The number of halogens is 1. The molecule has 0 bridgehead atoms. The predicted molar refractivity (Wildman–Crippen MR) is 84.9 cm³/mol. The van der Waals surface area contributed by atoms with Gasteiger partial charge in [-0.05, 0) is 56.6 Å². The molecule has 3 rings (SSSR count). The van der Waals surface area contributed by atoms with Crippen LogP contribution in [0.2, 0.25) is 5.02 Å². The van der Waals surface area contributed by atoms with Crippen LogP contribution in [-0.4, -0.2) is 29.0 Å². The summed E-state index contributed by atoms with van der Waals surface area (Å²) in [5.41, 5.74) is 3.10. The first-order valence-corrected chi connectivity index (χ1v) is 7.69. The Bertz CT molecular complexity index is 632. The van der Waals surface area contributed by atoms with Crippen LogP contribution in [0.15, 0.2) is 24.4 Å². The number of hydrogen-bond acceptors (Lipinski definition) is 3. The lowest BCUT2D eigenvalue weighted by Crippen LogP contribution is -2.34. The summed E-state index contributed by atoms with van der Waals surface area (Å²) in [4.78, 5) is 0. The van der Waals surface area contributed by atoms with E-state index in [0.717, 1.165) is 53.5 Å². The molecule has 5 heteroatoms. The van der Waals surface area contributed by atoms with Gasteiger partial charge in [0, 0.05) is 23.8 Å². The van der Waals surface area contributed by atoms with Gasteiger partial charge in [-0.3, -0.25) is 4.68 Å². The number of aryl methyl sites for hydroxylation is 2. The average Bonchev–Trinajstić information content (AvgIpc) is 2.89. The zero-order valence-electron chi connectivity index (χ0n) is 12.4. The number of nitrogens with zero attached hydrogens (tertiary/aromatic N) is 2. The molecule has 0 amide bonds. The molecule has 4 nitrogen and oxygen atoms in total. The minimum Gasteiger partial charge on any atom is -0.489 e. The molecule has 0 spiro atoms. The van der Waals surface area contributed by atoms with Crippen molar-refractivity contribution in [1.82, 2.24) is 15.1 Å². The highest BCUT2D eigenvalue weighted by Gasteiger charge is 2.20. The summed E-state index contributed by atoms with van der Waals surface area (Å²) in [5, 5.41) is 8.33. The van der Waals surface area contributed by atoms with Crippen molar-refractivity contribution < 1.29 is 4.74 Å². The minimum atomic E-state index is 0.262. The number of hydrogen-bond donors (Lipinski definition) is 1. The molecular weight excluding hydrogens is 286 g/mol. The van der Waals surface area contributed by atoms with E-state index in [4.69, 9.17) is 16.3 Å². The van der Waals surface area contributed by atoms with Crippen molar-refractivity contribution in [2.75, 3.05) is 13.1 Å². The molecule has 1 aliphatic heterocycles. The van der Waals surface area contributed by atoms with Crippen LogP contribution in [-0.2, 0) is 7.05 Å². The van der Waals surface area contributed by atoms with Crippen LogP contribution in [0, 0.1) is 6.92 Å². The van der Waals surface area contributed by atoms with Gasteiger partial charge in [-0.25, -0.2) is 0 Å². The lowest BCUT2D eigenvalue weighted by Gasteiger charge is -2.26. The van der Waals surface area contributed by atoms with Gasteiger partial charge in [-0.1, -0.05) is 11.6 Å². The molecule has 0 saturated carbocycles. The van der Waals surface area contributed by atoms with Gasteiger partial charge >= 0.3 is 0 Å². The van der Waals surface area contributed by atoms with Crippen molar-refractivity contribution in [2.24, 2.45) is 7.05 Å². The highest BCUT2D eigenvalue weighted by molar-refractivity contribution is 6.31. The molecule has 1 aromatic carbocycles. The Morgan fingerprint density at radius 3 is 2.76 bits per heavy atom. The summed E-state index contributed by atoms with van der Waals surface area (Å²) in [6.45, 7) is 4.07. The second-order valence-electron chi connectivity index (χ2n) is 5.51. The molecule has 1 aliphatic rings. The Morgan fingerprint density at radius 1 is 1.33 bits per heavy atom. The van der Waals surface area contributed by atoms with E-state index in [1.807, 2.05) is 36.9 Å². The van der Waals surface area contributed by atoms with E-state index >= 15 is 0 Å². The lowest BCUT2D eigenvalue weighted by atomic mass is 10.1. The first-order chi connectivity index (χ1) is 10.1. The summed E-state index contributed by atoms with van der Waals surface area (Å²) >= 11 is 6.24. The number of aromatic nitrogens is 2. The summed E-state index contributed by atoms with van der Waals surface area (Å²) in [6.07, 6.45) is 4.12. The monoisotopic (exact) mass is 305 g/mol. The first-order valence-electron chi connectivity index (χ1n) is 7.31. The molecule has 2 heterocycles. The predicted octanol–water partition coefficient (Wildman–Crippen LogP) is 3.18. The largest absolute Gasteiger partial charge is 0.489 e. The second-order valence-corrected chi connectivity index (χ2v) is 5.94. The van der Waals surface area contributed by atoms with Gasteiger partial charge in [-0.15, -0.1) is 0 Å². The zero-order chi connectivity index (χ0) is 14.8. The quantitative estimate of drug-likeness (QED) is 0.946. The maximum atomic E-state index is 6.31. The molecule has 2 aromatic rings. The van der Waals surface area contributed by atoms with Gasteiger partial charge in [0.25, 0.3) is 0 Å². The highest BCUT2D eigenvalue weighted by Crippen LogP contribution is 2.36. The fourth-order valence-electron chi connectivity index (χ4n) is 2.79. The number of rotatable bonds is 3. The molecule has 0 aliphatic carbocycles. The van der Waals surface area contributed by atoms with E-state index in [-0.39, 0.29) is 6.10 Å². The average molecular weight is 306 g/mol. The van der Waals surface area contributed by atoms with Crippen molar-refractivity contribution in [3.63, 3.8) is 0 Å². The third kappa shape index (κ3) is 3.06. The Balaban J connectivity index is 2.00. The smallest absolute Gasteiger partial charge is 0.132 e. The summed E-state index contributed by atoms with van der Waals surface area (Å²) in [6, 6.07) is 5.90. The van der Waals surface area contributed by atoms with Crippen LogP contribution in [0.5, 0.6) is 5.75 Å². The van der Waals surface area contributed by atoms with Crippen molar-refractivity contribution in [2.45, 2.75) is 25.9 Å². The molecule has 1 N–H and O–H groups in total. The van der Waals surface area contributed by atoms with Gasteiger partial charge < -0.3 is 10.1 Å². The number of benzene rings is 1. The summed E-state index contributed by atoms with van der Waals surface area (Å²) < 4.78 is 8.16. The molecule has 1 aromatic heterocycles. The molecule has 21 heavy (non-hydrogen) atoms. The normalized spacial score (nSPS) is 16.1. The van der Waals surface area contributed by atoms with Crippen molar-refractivity contribution in [3.05, 3.63) is 35.0 Å². The maximum Gasteiger partial charge on any atom is 0.132 e. The maximum absolute atomic E-state index is 6.31. The Morgan fingerprint density at radius 2 is 2.10 bits per heavy atom. The first kappa shape index (κ1) is 14.4. The van der Waals surface area contributed by atoms with Crippen LogP contribution in [0.25, 0.3) is 11.3 Å². The Labute approximate surface area is 130 Å². The van der Waals surface area contributed by atoms with E-state index in [0.29, 0.717) is 0 Å². The molecule has 1 saturated heterocycles. The van der Waals surface area contributed by atoms with E-state index in [1.54, 1.807) is 6.20 Å². The SMILES string of the molecule is Cc1cc(Cl)cc(-c2ccnn2C)c1OC1CCNCC1. The second kappa shape index (κ2) is 6.08. The van der Waals surface area contributed by atoms with Crippen LogP contribution >= 0.6 is 11.6 Å². The van der Waals surface area contributed by atoms with Crippen molar-refractivity contribution >= 4 is 11.6 Å². The van der Waals surface area contributed by atoms with Gasteiger partial charge in [0.05, 0.1) is 5.69 Å². The highest BCUT2D eigenvalue weighted by atomic mass is 35.5. The van der Waals surface area contributed by atoms with Crippen LogP contribution in [0.3, 0.4) is 0 Å². The molecule has 0 radical (unpaired) electrons. The summed E-state index contributed by atoms with van der Waals surface area (Å²) in [7, 11) is 1.93. The molecular formula is C16H20ClN3O. The van der Waals surface area contributed by atoms with Crippen molar-refractivity contribution in [1.29, 1.82) is 0 Å². The van der Waals surface area contributed by atoms with Crippen LogP contribution < -0.4 is 10.1 Å². The van der Waals surface area contributed by atoms with Crippen molar-refractivity contribution in [3.8, 4) is 17.0 Å². The van der Waals surface area contributed by atoms with Gasteiger partial charge in [-0.2, -0.15) is 5.10 Å². The molecule has 1 fully saturated rings. The van der Waals surface area contributed by atoms with E-state index in [2.05, 4.69) is 10.4 Å². The molecule has 0 atom stereocenters. The Hall–Kier alpha value is -1.52. The van der Waals surface area contributed by atoms with E-state index in [1.165, 1.54) is 0 Å². The van der Waals surface area contributed by atoms with Crippen LogP contribution in [0.4, 0.5) is 0 Å². The van der Waals surface area contributed by atoms with Gasteiger partial charge in [0.1, 0.15) is 11.9 Å². The zero-order valence-corrected chi connectivity index (χ0v) is 13.2. The topological polar surface area (TPSA) is 39.1 Å². The summed E-state index contributed by atoms with van der Waals surface area (Å²) in [5.74, 6) is 0.926. The number of ether oxygens (including phenoxy) is 1. The van der Waals surface area contributed by atoms with Gasteiger partial charge in [0.15, 0.2) is 0 Å². The third-order valence-corrected chi connectivity index (χ3v) is 4.13. The third-order valence-electron chi connectivity index (χ3n) is 3.91. The molecule has 112 valence electrons. The molecule has 0 unspecified atom stereocenters. The standard InChI is InChI=1S/C16H20ClN3O/c1-11-9-12(17)10-14(15-5-8-19-20(15)2)16(11)21-13-3-6-18-7-4-13/h5,8-10,13,18H,3-4,6-7H2,1-2H3. The van der Waals surface area contributed by atoms with Gasteiger partial charge in [0.2, 0.25) is 0 Å². The Kier molecular flexibility index (Phi) is 4.17. The fourth-order valence-corrected chi connectivity index (χ4v) is 3.07. The lowest BCUT2D eigenvalue weighted by molar-refractivity contribution is 0.162. The number of piperidine rings is 1. The van der Waals surface area contributed by atoms with Crippen LogP contribution in [0.1, 0.15) is 18.4 Å². The number of nitrogens with one attached hydrogen (secondary N) is 1. The van der Waals surface area contributed by atoms with E-state index in [9.17, 15) is 0 Å².